The Morgan fingerprint density at radius 3 is 2.50 bits per heavy atom. The van der Waals surface area contributed by atoms with E-state index in [0.29, 0.717) is 27.0 Å². The fraction of sp³-hybridized carbons (Fsp3) is 0.156. The number of hydrogen-bond donors (Lipinski definition) is 3. The maximum absolute atomic E-state index is 13.4. The average molecular weight is 660 g/mol. The number of nitro groups is 1. The normalized spacial score (nSPS) is 11.7. The number of hydrogen-bond acceptors (Lipinski definition) is 10. The summed E-state index contributed by atoms with van der Waals surface area (Å²) >= 11 is 2.44. The molecule has 46 heavy (non-hydrogen) atoms. The summed E-state index contributed by atoms with van der Waals surface area (Å²) < 4.78 is 4.93. The number of thiazole rings is 1. The van der Waals surface area contributed by atoms with Crippen LogP contribution in [0.3, 0.4) is 0 Å². The molecule has 1 unspecified atom stereocenters. The minimum Gasteiger partial charge on any atom is -0.466 e. The van der Waals surface area contributed by atoms with E-state index < -0.39 is 28.0 Å². The molecule has 1 aromatic heterocycles. The molecule has 0 saturated heterocycles. The number of nitrogens with one attached hydrogen (secondary N) is 3. The first-order valence-corrected chi connectivity index (χ1v) is 15.7. The van der Waals surface area contributed by atoms with Crippen LogP contribution in [0.2, 0.25) is 0 Å². The monoisotopic (exact) mass is 659 g/mol. The fourth-order valence-corrected chi connectivity index (χ4v) is 5.63. The standard InChI is InChI=1S/C32H29N5O7S2/c1-3-44-28(38)18-24-19-45-32(34-24)36-29(39)20(2)46-25-14-9-13-23(17-25)33-31(41)26(35-30(40)21-10-5-4-6-11-21)16-22-12-7-8-15-27(22)37(42)43/h4-17,19-20H,3,18H2,1-2H3,(H,33,41)(H,35,40)(H,34,36,39)/b26-16+. The molecule has 0 radical (unpaired) electrons. The van der Waals surface area contributed by atoms with E-state index in [0.717, 1.165) is 0 Å². The summed E-state index contributed by atoms with van der Waals surface area (Å²) in [5.41, 5.74) is 0.845. The van der Waals surface area contributed by atoms with E-state index in [9.17, 15) is 29.3 Å². The number of carbonyl (C=O) groups excluding carboxylic acids is 4. The third kappa shape index (κ3) is 9.58. The van der Waals surface area contributed by atoms with Crippen molar-refractivity contribution in [3.05, 3.63) is 117 Å². The van der Waals surface area contributed by atoms with Gasteiger partial charge in [-0.2, -0.15) is 0 Å². The number of anilines is 2. The summed E-state index contributed by atoms with van der Waals surface area (Å²) in [6.07, 6.45) is 1.26. The minimum atomic E-state index is -0.710. The minimum absolute atomic E-state index is 0.0120. The molecule has 0 spiro atoms. The van der Waals surface area contributed by atoms with Crippen LogP contribution in [0.5, 0.6) is 0 Å². The van der Waals surface area contributed by atoms with E-state index in [1.165, 1.54) is 47.4 Å². The highest BCUT2D eigenvalue weighted by Gasteiger charge is 2.20. The van der Waals surface area contributed by atoms with Crippen molar-refractivity contribution in [1.82, 2.24) is 10.3 Å². The van der Waals surface area contributed by atoms with Gasteiger partial charge >= 0.3 is 5.97 Å². The van der Waals surface area contributed by atoms with Gasteiger partial charge in [-0.15, -0.1) is 23.1 Å². The molecule has 12 nitrogen and oxygen atoms in total. The van der Waals surface area contributed by atoms with Crippen molar-refractivity contribution in [1.29, 1.82) is 0 Å². The SMILES string of the molecule is CCOC(=O)Cc1csc(NC(=O)C(C)Sc2cccc(NC(=O)/C(=C\c3ccccc3[N+](=O)[O-])NC(=O)c3ccccc3)c2)n1. The lowest BCUT2D eigenvalue weighted by Crippen LogP contribution is -2.30. The molecule has 14 heteroatoms. The highest BCUT2D eigenvalue weighted by molar-refractivity contribution is 8.00. The van der Waals surface area contributed by atoms with Crippen LogP contribution in [0.25, 0.3) is 6.08 Å². The highest BCUT2D eigenvalue weighted by atomic mass is 32.2. The summed E-state index contributed by atoms with van der Waals surface area (Å²) in [5, 5.41) is 21.1. The molecular formula is C32H29N5O7S2. The van der Waals surface area contributed by atoms with Gasteiger partial charge in [-0.25, -0.2) is 4.98 Å². The van der Waals surface area contributed by atoms with Gasteiger partial charge in [0.15, 0.2) is 5.13 Å². The summed E-state index contributed by atoms with van der Waals surface area (Å²) in [6, 6.07) is 20.9. The Bertz CT molecular complexity index is 1780. The smallest absolute Gasteiger partial charge is 0.311 e. The van der Waals surface area contributed by atoms with Crippen LogP contribution in [0.1, 0.15) is 35.5 Å². The molecule has 0 fully saturated rings. The quantitative estimate of drug-likeness (QED) is 0.0537. The number of aromatic nitrogens is 1. The number of rotatable bonds is 13. The van der Waals surface area contributed by atoms with Crippen LogP contribution in [0, 0.1) is 10.1 Å². The lowest BCUT2D eigenvalue weighted by Gasteiger charge is -2.13. The molecule has 4 aromatic rings. The second kappa shape index (κ2) is 16.1. The maximum atomic E-state index is 13.4. The number of nitro benzene ring substituents is 1. The number of esters is 1. The van der Waals surface area contributed by atoms with Crippen LogP contribution in [-0.4, -0.2) is 45.5 Å². The van der Waals surface area contributed by atoms with Crippen molar-refractivity contribution >= 4 is 69.4 Å². The van der Waals surface area contributed by atoms with Crippen LogP contribution >= 0.6 is 23.1 Å². The van der Waals surface area contributed by atoms with Crippen molar-refractivity contribution in [2.24, 2.45) is 0 Å². The average Bonchev–Trinajstić information content (AvgIpc) is 3.47. The first-order chi connectivity index (χ1) is 22.1. The van der Waals surface area contributed by atoms with Gasteiger partial charge in [0.2, 0.25) is 5.91 Å². The Balaban J connectivity index is 1.46. The number of thioether (sulfide) groups is 1. The zero-order chi connectivity index (χ0) is 33.1. The number of benzene rings is 3. The predicted octanol–water partition coefficient (Wildman–Crippen LogP) is 5.69. The number of amides is 3. The Morgan fingerprint density at radius 2 is 1.76 bits per heavy atom. The largest absolute Gasteiger partial charge is 0.466 e. The van der Waals surface area contributed by atoms with Gasteiger partial charge in [-0.3, -0.25) is 29.3 Å². The second-order valence-corrected chi connectivity index (χ2v) is 11.8. The third-order valence-corrected chi connectivity index (χ3v) is 8.05. The van der Waals surface area contributed by atoms with Gasteiger partial charge in [0.25, 0.3) is 17.5 Å². The second-order valence-electron chi connectivity index (χ2n) is 9.55. The predicted molar refractivity (Wildman–Crippen MR) is 176 cm³/mol. The van der Waals surface area contributed by atoms with E-state index in [1.807, 2.05) is 0 Å². The van der Waals surface area contributed by atoms with Crippen molar-refractivity contribution in [2.45, 2.75) is 30.4 Å². The van der Waals surface area contributed by atoms with Crippen molar-refractivity contribution in [3.63, 3.8) is 0 Å². The molecule has 0 saturated carbocycles. The van der Waals surface area contributed by atoms with Gasteiger partial charge < -0.3 is 20.7 Å². The number of carbonyl (C=O) groups is 4. The summed E-state index contributed by atoms with van der Waals surface area (Å²) in [7, 11) is 0. The molecule has 3 amide bonds. The molecule has 4 rings (SSSR count). The van der Waals surface area contributed by atoms with Crippen molar-refractivity contribution in [3.8, 4) is 0 Å². The van der Waals surface area contributed by atoms with Gasteiger partial charge in [0.05, 0.1) is 34.5 Å². The molecule has 1 atom stereocenters. The van der Waals surface area contributed by atoms with Gasteiger partial charge in [0.1, 0.15) is 5.70 Å². The van der Waals surface area contributed by atoms with Gasteiger partial charge in [-0.05, 0) is 56.3 Å². The number of ether oxygens (including phenoxy) is 1. The zero-order valence-corrected chi connectivity index (χ0v) is 26.4. The fourth-order valence-electron chi connectivity index (χ4n) is 3.99. The van der Waals surface area contributed by atoms with Crippen LogP contribution in [0.4, 0.5) is 16.5 Å². The molecule has 236 valence electrons. The molecule has 3 aromatic carbocycles. The first-order valence-electron chi connectivity index (χ1n) is 13.9. The van der Waals surface area contributed by atoms with E-state index in [1.54, 1.807) is 79.9 Å². The summed E-state index contributed by atoms with van der Waals surface area (Å²) in [5.74, 6) is -1.99. The molecule has 1 heterocycles. The van der Waals surface area contributed by atoms with Crippen LogP contribution in [-0.2, 0) is 25.5 Å². The molecule has 0 bridgehead atoms. The molecule has 0 aliphatic rings. The Hall–Kier alpha value is -5.34. The Morgan fingerprint density at radius 1 is 1.02 bits per heavy atom. The van der Waals surface area contributed by atoms with Crippen LogP contribution in [0.15, 0.2) is 94.8 Å². The van der Waals surface area contributed by atoms with Crippen LogP contribution < -0.4 is 16.0 Å². The van der Waals surface area contributed by atoms with E-state index in [-0.39, 0.29) is 35.9 Å². The van der Waals surface area contributed by atoms with Gasteiger partial charge in [-0.1, -0.05) is 36.4 Å². The molecular weight excluding hydrogens is 631 g/mol. The highest BCUT2D eigenvalue weighted by Crippen LogP contribution is 2.28. The van der Waals surface area contributed by atoms with Crippen molar-refractivity contribution in [2.75, 3.05) is 17.2 Å². The maximum Gasteiger partial charge on any atom is 0.311 e. The first kappa shape index (κ1) is 33.6. The zero-order valence-electron chi connectivity index (χ0n) is 24.7. The Kier molecular flexibility index (Phi) is 11.7. The van der Waals surface area contributed by atoms with Gasteiger partial charge in [0, 0.05) is 27.6 Å². The topological polar surface area (TPSA) is 170 Å². The lowest BCUT2D eigenvalue weighted by atomic mass is 10.1. The van der Waals surface area contributed by atoms with Crippen molar-refractivity contribution < 1.29 is 28.8 Å². The molecule has 3 N–H and O–H groups in total. The number of para-hydroxylation sites is 1. The number of nitrogens with zero attached hydrogens (tertiary/aromatic N) is 2. The Labute approximate surface area is 272 Å². The van der Waals surface area contributed by atoms with E-state index >= 15 is 0 Å². The van der Waals surface area contributed by atoms with E-state index in [2.05, 4.69) is 20.9 Å². The lowest BCUT2D eigenvalue weighted by molar-refractivity contribution is -0.385. The third-order valence-electron chi connectivity index (χ3n) is 6.15. The summed E-state index contributed by atoms with van der Waals surface area (Å²) in [4.78, 5) is 66.9. The van der Waals surface area contributed by atoms with E-state index in [4.69, 9.17) is 4.74 Å². The molecule has 0 aliphatic carbocycles. The summed E-state index contributed by atoms with van der Waals surface area (Å²) in [6.45, 7) is 3.70. The molecule has 0 aliphatic heterocycles.